The Labute approximate surface area is 93.5 Å². The second kappa shape index (κ2) is 4.80. The molecule has 0 radical (unpaired) electrons. The SMILES string of the molecule is N#Cc1ccc(NNc2ccccc2)nc1. The predicted molar refractivity (Wildman–Crippen MR) is 62.6 cm³/mol. The summed E-state index contributed by atoms with van der Waals surface area (Å²) in [5.41, 5.74) is 7.44. The number of rotatable bonds is 3. The van der Waals surface area contributed by atoms with Crippen molar-refractivity contribution in [3.05, 3.63) is 54.2 Å². The first-order valence-electron chi connectivity index (χ1n) is 4.82. The standard InChI is InChI=1S/C12H10N4/c13-8-10-6-7-12(14-9-10)16-15-11-4-2-1-3-5-11/h1-7,9,15H,(H,14,16). The highest BCUT2D eigenvalue weighted by molar-refractivity contribution is 5.49. The lowest BCUT2D eigenvalue weighted by atomic mass is 10.3. The number of hydrogen-bond donors (Lipinski definition) is 2. The third-order valence-corrected chi connectivity index (χ3v) is 2.00. The van der Waals surface area contributed by atoms with Gasteiger partial charge in [-0.2, -0.15) is 5.26 Å². The molecule has 0 saturated heterocycles. The Morgan fingerprint density at radius 1 is 1.00 bits per heavy atom. The first-order valence-corrected chi connectivity index (χ1v) is 4.82. The van der Waals surface area contributed by atoms with Crippen molar-refractivity contribution < 1.29 is 0 Å². The minimum Gasteiger partial charge on any atom is -0.300 e. The van der Waals surface area contributed by atoms with E-state index in [9.17, 15) is 0 Å². The Morgan fingerprint density at radius 2 is 1.81 bits per heavy atom. The first kappa shape index (κ1) is 9.99. The fraction of sp³-hybridized carbons (Fsp3) is 0. The summed E-state index contributed by atoms with van der Waals surface area (Å²) in [5, 5.41) is 8.61. The molecule has 0 bridgehead atoms. The van der Waals surface area contributed by atoms with Gasteiger partial charge < -0.3 is 0 Å². The van der Waals surface area contributed by atoms with Gasteiger partial charge in [-0.25, -0.2) is 4.98 Å². The predicted octanol–water partition coefficient (Wildman–Crippen LogP) is 2.39. The van der Waals surface area contributed by atoms with E-state index < -0.39 is 0 Å². The summed E-state index contributed by atoms with van der Waals surface area (Å²) in [5.74, 6) is 0.669. The van der Waals surface area contributed by atoms with Gasteiger partial charge in [0.25, 0.3) is 0 Å². The maximum Gasteiger partial charge on any atom is 0.144 e. The summed E-state index contributed by atoms with van der Waals surface area (Å²) in [6.07, 6.45) is 1.52. The Hall–Kier alpha value is -2.54. The van der Waals surface area contributed by atoms with Crippen LogP contribution in [-0.2, 0) is 0 Å². The normalized spacial score (nSPS) is 9.19. The van der Waals surface area contributed by atoms with Crippen LogP contribution in [0.4, 0.5) is 11.5 Å². The first-order chi connectivity index (χ1) is 7.88. The Bertz CT molecular complexity index is 485. The Kier molecular flexibility index (Phi) is 3.00. The Morgan fingerprint density at radius 3 is 2.44 bits per heavy atom. The summed E-state index contributed by atoms with van der Waals surface area (Å²) in [4.78, 5) is 4.07. The van der Waals surface area contributed by atoms with Crippen molar-refractivity contribution in [1.29, 1.82) is 5.26 Å². The topological polar surface area (TPSA) is 60.7 Å². The maximum absolute atomic E-state index is 8.61. The highest BCUT2D eigenvalue weighted by atomic mass is 15.4. The quantitative estimate of drug-likeness (QED) is 0.763. The molecular formula is C12H10N4. The zero-order valence-electron chi connectivity index (χ0n) is 8.51. The van der Waals surface area contributed by atoms with Gasteiger partial charge in [0.05, 0.1) is 11.3 Å². The molecule has 0 amide bonds. The molecule has 4 nitrogen and oxygen atoms in total. The van der Waals surface area contributed by atoms with Crippen molar-refractivity contribution in [2.45, 2.75) is 0 Å². The van der Waals surface area contributed by atoms with Crippen molar-refractivity contribution in [3.8, 4) is 6.07 Å². The van der Waals surface area contributed by atoms with Gasteiger partial charge in [0.15, 0.2) is 0 Å². The molecule has 0 aliphatic rings. The second-order valence-corrected chi connectivity index (χ2v) is 3.16. The van der Waals surface area contributed by atoms with Crippen LogP contribution in [0.15, 0.2) is 48.7 Å². The number of nitriles is 1. The molecule has 0 atom stereocenters. The van der Waals surface area contributed by atoms with E-state index >= 15 is 0 Å². The van der Waals surface area contributed by atoms with E-state index in [0.29, 0.717) is 11.4 Å². The van der Waals surface area contributed by atoms with E-state index in [4.69, 9.17) is 5.26 Å². The number of para-hydroxylation sites is 1. The molecule has 4 heteroatoms. The highest BCUT2D eigenvalue weighted by Gasteiger charge is 1.94. The highest BCUT2D eigenvalue weighted by Crippen LogP contribution is 2.07. The monoisotopic (exact) mass is 210 g/mol. The summed E-state index contributed by atoms with van der Waals surface area (Å²) in [7, 11) is 0. The second-order valence-electron chi connectivity index (χ2n) is 3.16. The van der Waals surface area contributed by atoms with Gasteiger partial charge in [0.2, 0.25) is 0 Å². The molecule has 0 aliphatic heterocycles. The van der Waals surface area contributed by atoms with Crippen LogP contribution in [0.2, 0.25) is 0 Å². The molecule has 0 unspecified atom stereocenters. The molecule has 0 fully saturated rings. The fourth-order valence-electron chi connectivity index (χ4n) is 1.19. The van der Waals surface area contributed by atoms with E-state index in [1.54, 1.807) is 12.1 Å². The molecule has 0 saturated carbocycles. The third kappa shape index (κ3) is 2.49. The molecule has 0 spiro atoms. The van der Waals surface area contributed by atoms with Crippen molar-refractivity contribution in [1.82, 2.24) is 4.98 Å². The number of hydrogen-bond acceptors (Lipinski definition) is 4. The molecule has 2 rings (SSSR count). The van der Waals surface area contributed by atoms with Crippen LogP contribution >= 0.6 is 0 Å². The number of nitrogens with zero attached hydrogens (tertiary/aromatic N) is 2. The minimum atomic E-state index is 0.547. The molecule has 1 aromatic carbocycles. The smallest absolute Gasteiger partial charge is 0.144 e. The number of anilines is 2. The lowest BCUT2D eigenvalue weighted by Gasteiger charge is -2.08. The average molecular weight is 210 g/mol. The number of pyridine rings is 1. The third-order valence-electron chi connectivity index (χ3n) is 2.00. The van der Waals surface area contributed by atoms with E-state index in [1.165, 1.54) is 6.20 Å². The van der Waals surface area contributed by atoms with Crippen molar-refractivity contribution in [3.63, 3.8) is 0 Å². The lowest BCUT2D eigenvalue weighted by molar-refractivity contribution is 1.25. The van der Waals surface area contributed by atoms with Gasteiger partial charge in [0.1, 0.15) is 11.9 Å². The molecule has 16 heavy (non-hydrogen) atoms. The molecule has 1 heterocycles. The molecule has 78 valence electrons. The van der Waals surface area contributed by atoms with Crippen LogP contribution in [-0.4, -0.2) is 4.98 Å². The van der Waals surface area contributed by atoms with E-state index in [1.807, 2.05) is 36.4 Å². The lowest BCUT2D eigenvalue weighted by Crippen LogP contribution is -2.09. The van der Waals surface area contributed by atoms with E-state index in [2.05, 4.69) is 15.8 Å². The van der Waals surface area contributed by atoms with Crippen molar-refractivity contribution >= 4 is 11.5 Å². The van der Waals surface area contributed by atoms with Crippen LogP contribution in [0.1, 0.15) is 5.56 Å². The van der Waals surface area contributed by atoms with Gasteiger partial charge >= 0.3 is 0 Å². The number of hydrazine groups is 1. The van der Waals surface area contributed by atoms with Crippen LogP contribution in [0.3, 0.4) is 0 Å². The zero-order valence-corrected chi connectivity index (χ0v) is 8.51. The van der Waals surface area contributed by atoms with Crippen molar-refractivity contribution in [2.75, 3.05) is 10.9 Å². The summed E-state index contributed by atoms with van der Waals surface area (Å²) in [6, 6.07) is 15.2. The molecule has 2 N–H and O–H groups in total. The molecule has 2 aromatic rings. The van der Waals surface area contributed by atoms with Gasteiger partial charge in [0, 0.05) is 6.20 Å². The van der Waals surface area contributed by atoms with Gasteiger partial charge in [-0.15, -0.1) is 0 Å². The average Bonchev–Trinajstić information content (AvgIpc) is 2.38. The summed E-state index contributed by atoms with van der Waals surface area (Å²) >= 11 is 0. The van der Waals surface area contributed by atoms with Gasteiger partial charge in [-0.1, -0.05) is 18.2 Å². The molecule has 0 aliphatic carbocycles. The van der Waals surface area contributed by atoms with E-state index in [-0.39, 0.29) is 0 Å². The molecule has 1 aromatic heterocycles. The number of aromatic nitrogens is 1. The zero-order chi connectivity index (χ0) is 11.2. The van der Waals surface area contributed by atoms with Gasteiger partial charge in [-0.3, -0.25) is 10.9 Å². The largest absolute Gasteiger partial charge is 0.300 e. The minimum absolute atomic E-state index is 0.547. The summed E-state index contributed by atoms with van der Waals surface area (Å²) < 4.78 is 0. The fourth-order valence-corrected chi connectivity index (χ4v) is 1.19. The Balaban J connectivity index is 1.98. The number of benzene rings is 1. The molecular weight excluding hydrogens is 200 g/mol. The van der Waals surface area contributed by atoms with Crippen LogP contribution in [0, 0.1) is 11.3 Å². The van der Waals surface area contributed by atoms with Crippen LogP contribution < -0.4 is 10.9 Å². The van der Waals surface area contributed by atoms with Gasteiger partial charge in [-0.05, 0) is 24.3 Å². The summed E-state index contributed by atoms with van der Waals surface area (Å²) in [6.45, 7) is 0. The van der Waals surface area contributed by atoms with Crippen LogP contribution in [0.5, 0.6) is 0 Å². The van der Waals surface area contributed by atoms with Crippen molar-refractivity contribution in [2.24, 2.45) is 0 Å². The van der Waals surface area contributed by atoms with E-state index in [0.717, 1.165) is 5.69 Å². The van der Waals surface area contributed by atoms with Crippen LogP contribution in [0.25, 0.3) is 0 Å². The maximum atomic E-state index is 8.61. The number of nitrogens with one attached hydrogen (secondary N) is 2.